The van der Waals surface area contributed by atoms with Gasteiger partial charge in [0.15, 0.2) is 9.04 Å². The summed E-state index contributed by atoms with van der Waals surface area (Å²) in [5.74, 6) is -1.68. The summed E-state index contributed by atoms with van der Waals surface area (Å²) < 4.78 is 5.73. The lowest BCUT2D eigenvalue weighted by Gasteiger charge is -2.44. The quantitative estimate of drug-likeness (QED) is 0.575. The summed E-state index contributed by atoms with van der Waals surface area (Å²) in [4.78, 5) is 22.7. The van der Waals surface area contributed by atoms with Crippen LogP contribution < -0.4 is 5.32 Å². The standard InChI is InChI=1S/C12H23NO4Si/c1-12(2,3)7(6-17-18(4)5)8-9(11(15)16)13-10(8)14/h7-9,18H,6H2,1-5H3,(H,13,14)(H,15,16). The van der Waals surface area contributed by atoms with Gasteiger partial charge in [0.25, 0.3) is 0 Å². The van der Waals surface area contributed by atoms with Gasteiger partial charge in [0.2, 0.25) is 5.91 Å². The fraction of sp³-hybridized carbons (Fsp3) is 0.833. The minimum atomic E-state index is -1.17. The summed E-state index contributed by atoms with van der Waals surface area (Å²) in [6.45, 7) is 10.7. The van der Waals surface area contributed by atoms with Gasteiger partial charge in [-0.3, -0.25) is 4.79 Å². The van der Waals surface area contributed by atoms with E-state index in [9.17, 15) is 9.59 Å². The second-order valence-electron chi connectivity index (χ2n) is 6.20. The zero-order chi connectivity index (χ0) is 14.1. The van der Waals surface area contributed by atoms with Crippen molar-refractivity contribution in [3.8, 4) is 0 Å². The SMILES string of the molecule is C[SiH](C)OCC(C1C(=O)NC1C(=O)O)C(C)(C)C. The molecule has 2 N–H and O–H groups in total. The van der Waals surface area contributed by atoms with Crippen LogP contribution in [0.5, 0.6) is 0 Å². The molecule has 3 atom stereocenters. The lowest BCUT2D eigenvalue weighted by molar-refractivity contribution is -0.158. The first-order valence-electron chi connectivity index (χ1n) is 6.29. The van der Waals surface area contributed by atoms with Crippen molar-refractivity contribution in [2.24, 2.45) is 17.3 Å². The number of rotatable bonds is 5. The third kappa shape index (κ3) is 3.32. The molecule has 0 spiro atoms. The Balaban J connectivity index is 2.82. The number of carboxylic acid groups (broad SMARTS) is 1. The zero-order valence-electron chi connectivity index (χ0n) is 11.7. The molecule has 104 valence electrons. The molecule has 0 saturated carbocycles. The second-order valence-corrected chi connectivity index (χ2v) is 8.64. The van der Waals surface area contributed by atoms with Gasteiger partial charge in [-0.05, 0) is 24.4 Å². The van der Waals surface area contributed by atoms with Crippen molar-refractivity contribution in [2.45, 2.75) is 39.9 Å². The van der Waals surface area contributed by atoms with E-state index in [2.05, 4.69) is 18.4 Å². The molecule has 0 aliphatic carbocycles. The van der Waals surface area contributed by atoms with E-state index < -0.39 is 27.0 Å². The van der Waals surface area contributed by atoms with Crippen molar-refractivity contribution < 1.29 is 19.1 Å². The molecule has 0 bridgehead atoms. The fourth-order valence-corrected chi connectivity index (χ4v) is 2.81. The van der Waals surface area contributed by atoms with Crippen molar-refractivity contribution in [2.75, 3.05) is 6.61 Å². The second kappa shape index (κ2) is 5.40. The molecular weight excluding hydrogens is 250 g/mol. The highest BCUT2D eigenvalue weighted by atomic mass is 28.3. The van der Waals surface area contributed by atoms with Crippen LogP contribution in [0.2, 0.25) is 13.1 Å². The number of carbonyl (C=O) groups excluding carboxylic acids is 1. The van der Waals surface area contributed by atoms with Gasteiger partial charge in [0.05, 0.1) is 5.92 Å². The lowest BCUT2D eigenvalue weighted by Crippen LogP contribution is -2.66. The van der Waals surface area contributed by atoms with E-state index >= 15 is 0 Å². The molecule has 1 aliphatic heterocycles. The number of carboxylic acids is 1. The van der Waals surface area contributed by atoms with Gasteiger partial charge in [-0.25, -0.2) is 4.79 Å². The Hall–Kier alpha value is -0.883. The normalized spacial score (nSPS) is 25.6. The fourth-order valence-electron chi connectivity index (χ4n) is 2.21. The van der Waals surface area contributed by atoms with Crippen LogP contribution in [-0.2, 0) is 14.0 Å². The molecule has 5 nitrogen and oxygen atoms in total. The Kier molecular flexibility index (Phi) is 4.55. The third-order valence-electron chi connectivity index (χ3n) is 3.38. The third-order valence-corrected chi connectivity index (χ3v) is 4.24. The van der Waals surface area contributed by atoms with Crippen LogP contribution in [0, 0.1) is 17.3 Å². The summed E-state index contributed by atoms with van der Waals surface area (Å²) in [6.07, 6.45) is 0. The smallest absolute Gasteiger partial charge is 0.327 e. The predicted molar refractivity (Wildman–Crippen MR) is 70.8 cm³/mol. The summed E-state index contributed by atoms with van der Waals surface area (Å²) in [5.41, 5.74) is -0.153. The number of hydrogen-bond donors (Lipinski definition) is 2. The molecular formula is C12H23NO4Si. The lowest BCUT2D eigenvalue weighted by atomic mass is 9.67. The summed E-state index contributed by atoms with van der Waals surface area (Å²) in [6, 6.07) is -0.765. The van der Waals surface area contributed by atoms with Crippen molar-refractivity contribution in [3.05, 3.63) is 0 Å². The van der Waals surface area contributed by atoms with E-state index in [0.29, 0.717) is 6.61 Å². The Morgan fingerprint density at radius 3 is 2.39 bits per heavy atom. The highest BCUT2D eigenvalue weighted by Gasteiger charge is 2.51. The van der Waals surface area contributed by atoms with E-state index in [1.165, 1.54) is 0 Å². The Bertz CT molecular complexity index is 337. The van der Waals surface area contributed by atoms with Gasteiger partial charge in [-0.1, -0.05) is 20.8 Å². The maximum atomic E-state index is 11.7. The van der Waals surface area contributed by atoms with E-state index in [4.69, 9.17) is 9.53 Å². The summed E-state index contributed by atoms with van der Waals surface area (Å²) in [7, 11) is -1.17. The van der Waals surface area contributed by atoms with Crippen LogP contribution in [-0.4, -0.2) is 38.7 Å². The van der Waals surface area contributed by atoms with Crippen LogP contribution in [0.25, 0.3) is 0 Å². The molecule has 1 fully saturated rings. The molecule has 1 heterocycles. The minimum Gasteiger partial charge on any atom is -0.480 e. The van der Waals surface area contributed by atoms with Gasteiger partial charge < -0.3 is 14.8 Å². The summed E-state index contributed by atoms with van der Waals surface area (Å²) in [5, 5.41) is 11.5. The van der Waals surface area contributed by atoms with E-state index in [-0.39, 0.29) is 17.2 Å². The van der Waals surface area contributed by atoms with Gasteiger partial charge in [0, 0.05) is 6.61 Å². The number of nitrogens with one attached hydrogen (secondary N) is 1. The van der Waals surface area contributed by atoms with E-state index in [1.807, 2.05) is 20.8 Å². The number of hydrogen-bond acceptors (Lipinski definition) is 3. The molecule has 1 saturated heterocycles. The van der Waals surface area contributed by atoms with Crippen LogP contribution in [0.15, 0.2) is 0 Å². The average Bonchev–Trinajstić information content (AvgIpc) is 2.17. The molecule has 1 rings (SSSR count). The van der Waals surface area contributed by atoms with Crippen LogP contribution in [0.3, 0.4) is 0 Å². The Labute approximate surface area is 110 Å². The van der Waals surface area contributed by atoms with Crippen LogP contribution in [0.4, 0.5) is 0 Å². The Morgan fingerprint density at radius 2 is 2.06 bits per heavy atom. The van der Waals surface area contributed by atoms with Crippen molar-refractivity contribution >= 4 is 20.9 Å². The largest absolute Gasteiger partial charge is 0.480 e. The molecule has 0 radical (unpaired) electrons. The maximum Gasteiger partial charge on any atom is 0.327 e. The monoisotopic (exact) mass is 273 g/mol. The maximum absolute atomic E-state index is 11.7. The molecule has 6 heteroatoms. The molecule has 0 aromatic rings. The van der Waals surface area contributed by atoms with Crippen LogP contribution >= 0.6 is 0 Å². The first-order chi connectivity index (χ1) is 8.14. The zero-order valence-corrected chi connectivity index (χ0v) is 12.8. The number of β-lactam (4-membered cyclic amide) rings is 1. The molecule has 1 aliphatic rings. The van der Waals surface area contributed by atoms with Gasteiger partial charge >= 0.3 is 5.97 Å². The van der Waals surface area contributed by atoms with Crippen molar-refractivity contribution in [1.29, 1.82) is 0 Å². The van der Waals surface area contributed by atoms with E-state index in [0.717, 1.165) is 0 Å². The van der Waals surface area contributed by atoms with Crippen molar-refractivity contribution in [1.82, 2.24) is 5.32 Å². The predicted octanol–water partition coefficient (Wildman–Crippen LogP) is 0.848. The minimum absolute atomic E-state index is 0.0674. The highest BCUT2D eigenvalue weighted by molar-refractivity contribution is 6.48. The first-order valence-corrected chi connectivity index (χ1v) is 9.07. The first kappa shape index (κ1) is 15.2. The molecule has 3 unspecified atom stereocenters. The van der Waals surface area contributed by atoms with Gasteiger partial charge in [0.1, 0.15) is 6.04 Å². The molecule has 18 heavy (non-hydrogen) atoms. The topological polar surface area (TPSA) is 75.6 Å². The average molecular weight is 273 g/mol. The van der Waals surface area contributed by atoms with Gasteiger partial charge in [-0.2, -0.15) is 0 Å². The Morgan fingerprint density at radius 1 is 1.50 bits per heavy atom. The molecule has 1 amide bonds. The molecule has 0 aromatic carbocycles. The number of carbonyl (C=O) groups is 2. The molecule has 0 aromatic heterocycles. The number of amides is 1. The van der Waals surface area contributed by atoms with Crippen molar-refractivity contribution in [3.63, 3.8) is 0 Å². The van der Waals surface area contributed by atoms with E-state index in [1.54, 1.807) is 0 Å². The van der Waals surface area contributed by atoms with Crippen LogP contribution in [0.1, 0.15) is 20.8 Å². The number of aliphatic carboxylic acids is 1. The summed E-state index contributed by atoms with van der Waals surface area (Å²) >= 11 is 0. The highest BCUT2D eigenvalue weighted by Crippen LogP contribution is 2.38. The van der Waals surface area contributed by atoms with Gasteiger partial charge in [-0.15, -0.1) is 0 Å².